The van der Waals surface area contributed by atoms with Gasteiger partial charge < -0.3 is 14.0 Å². The van der Waals surface area contributed by atoms with Gasteiger partial charge in [0.15, 0.2) is 0 Å². The number of nitrogens with zero attached hydrogens (tertiary/aromatic N) is 1. The van der Waals surface area contributed by atoms with Crippen LogP contribution in [-0.2, 0) is 22.3 Å². The molecule has 0 fully saturated rings. The molecule has 0 atom stereocenters. The maximum Gasteiger partial charge on any atom is 0.136 e. The highest BCUT2D eigenvalue weighted by Crippen LogP contribution is 2.04. The summed E-state index contributed by atoms with van der Waals surface area (Å²) in [4.78, 5) is 0. The summed E-state index contributed by atoms with van der Waals surface area (Å²) >= 11 is 0. The van der Waals surface area contributed by atoms with Crippen LogP contribution >= 0.6 is 0 Å². The second-order valence-electron chi connectivity index (χ2n) is 2.99. The van der Waals surface area contributed by atoms with Gasteiger partial charge in [-0.3, -0.25) is 0 Å². The van der Waals surface area contributed by atoms with Gasteiger partial charge in [-0.1, -0.05) is 12.1 Å². The Balaban J connectivity index is 2.12. The number of aryl methyl sites for hydroxylation is 1. The smallest absolute Gasteiger partial charge is 0.136 e. The molecule has 4 heteroatoms. The van der Waals surface area contributed by atoms with Crippen molar-refractivity contribution >= 4 is 0 Å². The molecule has 80 valence electrons. The molecule has 0 aliphatic carbocycles. The molecular weight excluding hydrogens is 182 g/mol. The van der Waals surface area contributed by atoms with Crippen molar-refractivity contribution in [2.24, 2.45) is 0 Å². The molecule has 4 nitrogen and oxygen atoms in total. The van der Waals surface area contributed by atoms with Crippen molar-refractivity contribution in [1.29, 1.82) is 0 Å². The highest BCUT2D eigenvalue weighted by molar-refractivity contribution is 5.05. The van der Waals surface area contributed by atoms with Crippen LogP contribution in [0.2, 0.25) is 0 Å². The molecule has 0 saturated carbocycles. The number of methoxy groups -OCH3 is 1. The Hall–Kier alpha value is -0.870. The predicted molar refractivity (Wildman–Crippen MR) is 52.3 cm³/mol. The Kier molecular flexibility index (Phi) is 5.25. The van der Waals surface area contributed by atoms with E-state index in [2.05, 4.69) is 5.16 Å². The van der Waals surface area contributed by atoms with Crippen LogP contribution in [0.5, 0.6) is 0 Å². The van der Waals surface area contributed by atoms with Crippen molar-refractivity contribution in [1.82, 2.24) is 5.16 Å². The van der Waals surface area contributed by atoms with Gasteiger partial charge in [0, 0.05) is 26.0 Å². The molecule has 1 rings (SSSR count). The summed E-state index contributed by atoms with van der Waals surface area (Å²) in [5, 5.41) is 3.92. The first kappa shape index (κ1) is 11.2. The summed E-state index contributed by atoms with van der Waals surface area (Å²) in [6, 6.07) is 1.97. The van der Waals surface area contributed by atoms with Gasteiger partial charge in [0.2, 0.25) is 0 Å². The lowest BCUT2D eigenvalue weighted by Crippen LogP contribution is -2.04. The van der Waals surface area contributed by atoms with Crippen LogP contribution in [0.4, 0.5) is 0 Å². The fraction of sp³-hybridized carbons (Fsp3) is 0.700. The van der Waals surface area contributed by atoms with E-state index in [-0.39, 0.29) is 0 Å². The molecule has 1 aromatic heterocycles. The van der Waals surface area contributed by atoms with Crippen LogP contribution < -0.4 is 0 Å². The molecule has 0 amide bonds. The van der Waals surface area contributed by atoms with Crippen molar-refractivity contribution in [2.45, 2.75) is 19.8 Å². The largest absolute Gasteiger partial charge is 0.382 e. The second kappa shape index (κ2) is 6.56. The Labute approximate surface area is 84.2 Å². The Morgan fingerprint density at radius 1 is 1.36 bits per heavy atom. The molecule has 0 spiro atoms. The fourth-order valence-electron chi connectivity index (χ4n) is 1.06. The summed E-state index contributed by atoms with van der Waals surface area (Å²) < 4.78 is 15.2. The third-order valence-electron chi connectivity index (χ3n) is 1.89. The first-order valence-electron chi connectivity index (χ1n) is 4.88. The minimum absolute atomic E-state index is 0.634. The molecule has 0 N–H and O–H groups in total. The van der Waals surface area contributed by atoms with Crippen LogP contribution in [0.3, 0.4) is 0 Å². The van der Waals surface area contributed by atoms with E-state index in [1.54, 1.807) is 7.11 Å². The zero-order valence-corrected chi connectivity index (χ0v) is 8.78. The molecule has 0 bridgehead atoms. The fourth-order valence-corrected chi connectivity index (χ4v) is 1.06. The number of hydrogen-bond acceptors (Lipinski definition) is 4. The topological polar surface area (TPSA) is 44.5 Å². The van der Waals surface area contributed by atoms with Crippen LogP contribution in [0.1, 0.15) is 18.4 Å². The van der Waals surface area contributed by atoms with Gasteiger partial charge in [0.05, 0.1) is 25.5 Å². The molecular formula is C10H17NO3. The third kappa shape index (κ3) is 3.89. The van der Waals surface area contributed by atoms with E-state index < -0.39 is 0 Å². The van der Waals surface area contributed by atoms with Gasteiger partial charge >= 0.3 is 0 Å². The second-order valence-corrected chi connectivity index (χ2v) is 2.99. The minimum Gasteiger partial charge on any atom is -0.382 e. The lowest BCUT2D eigenvalue weighted by atomic mass is 10.3. The predicted octanol–water partition coefficient (Wildman–Crippen LogP) is 1.44. The summed E-state index contributed by atoms with van der Waals surface area (Å²) in [5.74, 6) is 0.928. The van der Waals surface area contributed by atoms with E-state index in [9.17, 15) is 0 Å². The normalized spacial score (nSPS) is 10.7. The molecule has 1 aromatic rings. The van der Waals surface area contributed by atoms with Crippen molar-refractivity contribution in [2.75, 3.05) is 26.9 Å². The highest BCUT2D eigenvalue weighted by atomic mass is 16.5. The summed E-state index contributed by atoms with van der Waals surface area (Å²) in [5.41, 5.74) is 0.958. The van der Waals surface area contributed by atoms with Crippen LogP contribution in [0.15, 0.2) is 10.6 Å². The lowest BCUT2D eigenvalue weighted by molar-refractivity contribution is 0.0717. The van der Waals surface area contributed by atoms with Gasteiger partial charge in [-0.15, -0.1) is 0 Å². The number of aromatic nitrogens is 1. The molecule has 0 radical (unpaired) electrons. The lowest BCUT2D eigenvalue weighted by Gasteiger charge is -2.00. The monoisotopic (exact) mass is 199 g/mol. The zero-order chi connectivity index (χ0) is 10.2. The quantitative estimate of drug-likeness (QED) is 0.623. The first-order chi connectivity index (χ1) is 6.86. The van der Waals surface area contributed by atoms with Crippen molar-refractivity contribution in [3.8, 4) is 0 Å². The maximum absolute atomic E-state index is 5.31. The van der Waals surface area contributed by atoms with Gasteiger partial charge in [-0.2, -0.15) is 0 Å². The van der Waals surface area contributed by atoms with E-state index in [0.717, 1.165) is 24.3 Å². The Morgan fingerprint density at radius 3 is 2.86 bits per heavy atom. The molecule has 0 unspecified atom stereocenters. The average Bonchev–Trinajstić information content (AvgIpc) is 2.65. The summed E-state index contributed by atoms with van der Waals surface area (Å²) in [6.45, 7) is 3.98. The van der Waals surface area contributed by atoms with E-state index in [1.165, 1.54) is 0 Å². The Bertz CT molecular complexity index is 247. The van der Waals surface area contributed by atoms with Crippen molar-refractivity contribution < 1.29 is 14.0 Å². The minimum atomic E-state index is 0.634. The SMILES string of the molecule is CCc1cc(CCOCCOC)no1. The molecule has 14 heavy (non-hydrogen) atoms. The first-order valence-corrected chi connectivity index (χ1v) is 4.88. The van der Waals surface area contributed by atoms with Gasteiger partial charge in [-0.25, -0.2) is 0 Å². The van der Waals surface area contributed by atoms with E-state index in [0.29, 0.717) is 19.8 Å². The maximum atomic E-state index is 5.31. The van der Waals surface area contributed by atoms with Gasteiger partial charge in [-0.05, 0) is 0 Å². The number of hydrogen-bond donors (Lipinski definition) is 0. The van der Waals surface area contributed by atoms with E-state index in [1.807, 2.05) is 13.0 Å². The molecule has 0 aromatic carbocycles. The van der Waals surface area contributed by atoms with Crippen LogP contribution in [0, 0.1) is 0 Å². The van der Waals surface area contributed by atoms with Crippen molar-refractivity contribution in [3.05, 3.63) is 17.5 Å². The Morgan fingerprint density at radius 2 is 2.21 bits per heavy atom. The molecule has 1 heterocycles. The molecule has 0 saturated heterocycles. The van der Waals surface area contributed by atoms with E-state index in [4.69, 9.17) is 14.0 Å². The molecule has 0 aliphatic rings. The standard InChI is InChI=1S/C10H17NO3/c1-3-10-8-9(11-14-10)4-5-13-7-6-12-2/h8H,3-7H2,1-2H3. The van der Waals surface area contributed by atoms with Gasteiger partial charge in [0.25, 0.3) is 0 Å². The van der Waals surface area contributed by atoms with Gasteiger partial charge in [0.1, 0.15) is 5.76 Å². The number of ether oxygens (including phenoxy) is 2. The average molecular weight is 199 g/mol. The van der Waals surface area contributed by atoms with Crippen LogP contribution in [-0.4, -0.2) is 32.1 Å². The van der Waals surface area contributed by atoms with Crippen LogP contribution in [0.25, 0.3) is 0 Å². The summed E-state index contributed by atoms with van der Waals surface area (Å²) in [6.07, 6.45) is 1.69. The van der Waals surface area contributed by atoms with Crippen molar-refractivity contribution in [3.63, 3.8) is 0 Å². The summed E-state index contributed by atoms with van der Waals surface area (Å²) in [7, 11) is 1.66. The van der Waals surface area contributed by atoms with E-state index >= 15 is 0 Å². The zero-order valence-electron chi connectivity index (χ0n) is 8.78. The number of rotatable bonds is 7. The third-order valence-corrected chi connectivity index (χ3v) is 1.89. The highest BCUT2D eigenvalue weighted by Gasteiger charge is 2.01. The molecule has 0 aliphatic heterocycles.